The summed E-state index contributed by atoms with van der Waals surface area (Å²) in [5.41, 5.74) is 2.85. The van der Waals surface area contributed by atoms with Crippen LogP contribution in [-0.4, -0.2) is 47.1 Å². The van der Waals surface area contributed by atoms with Gasteiger partial charge in [0, 0.05) is 30.5 Å². The number of benzene rings is 2. The standard InChI is InChI=1S/C27H28F2N6S/c1-17-16-36-26-24(17)25(30-19-5-2-4-18(28)14-19)32-27(33-26)31-20-6-7-23(22(29)15-20)35-12-8-21(9-13-35)34-10-3-11-34/h2,4-7,14-16,21H,3,8-13H2,1H3,(H2,30,31,32,33). The lowest BCUT2D eigenvalue weighted by molar-refractivity contribution is 0.100. The predicted octanol–water partition coefficient (Wildman–Crippen LogP) is 6.44. The molecule has 0 aliphatic carbocycles. The SMILES string of the molecule is Cc1csc2nc(Nc3ccc(N4CCC(N5CCC5)CC4)c(F)c3)nc(Nc3cccc(F)c3)c12. The number of aromatic nitrogens is 2. The molecular formula is C27H28F2N6S. The third-order valence-corrected chi connectivity index (χ3v) is 8.11. The van der Waals surface area contributed by atoms with Gasteiger partial charge in [0.2, 0.25) is 5.95 Å². The zero-order valence-electron chi connectivity index (χ0n) is 20.1. The zero-order chi connectivity index (χ0) is 24.6. The number of halogens is 2. The highest BCUT2D eigenvalue weighted by atomic mass is 32.1. The molecule has 4 aromatic rings. The molecule has 0 bridgehead atoms. The van der Waals surface area contributed by atoms with E-state index in [4.69, 9.17) is 0 Å². The number of fused-ring (bicyclic) bond motifs is 1. The molecule has 2 aromatic carbocycles. The van der Waals surface area contributed by atoms with Crippen LogP contribution in [0.2, 0.25) is 0 Å². The molecule has 0 amide bonds. The van der Waals surface area contributed by atoms with E-state index >= 15 is 4.39 Å². The maximum Gasteiger partial charge on any atom is 0.230 e. The van der Waals surface area contributed by atoms with Crippen LogP contribution in [0.4, 0.5) is 37.6 Å². The highest BCUT2D eigenvalue weighted by Gasteiger charge is 2.28. The molecule has 6 rings (SSSR count). The van der Waals surface area contributed by atoms with Gasteiger partial charge >= 0.3 is 0 Å². The molecule has 4 heterocycles. The van der Waals surface area contributed by atoms with Crippen LogP contribution >= 0.6 is 11.3 Å². The fourth-order valence-electron chi connectivity index (χ4n) is 5.08. The number of likely N-dealkylation sites (tertiary alicyclic amines) is 1. The minimum absolute atomic E-state index is 0.256. The molecule has 0 unspecified atom stereocenters. The number of nitrogens with zero attached hydrogens (tertiary/aromatic N) is 4. The Morgan fingerprint density at radius 2 is 1.75 bits per heavy atom. The van der Waals surface area contributed by atoms with E-state index in [-0.39, 0.29) is 11.6 Å². The summed E-state index contributed by atoms with van der Waals surface area (Å²) in [5, 5.41) is 9.27. The van der Waals surface area contributed by atoms with Crippen molar-refractivity contribution in [3.8, 4) is 0 Å². The second-order valence-electron chi connectivity index (χ2n) is 9.53. The van der Waals surface area contributed by atoms with Crippen molar-refractivity contribution in [1.29, 1.82) is 0 Å². The molecule has 2 saturated heterocycles. The van der Waals surface area contributed by atoms with E-state index in [1.807, 2.05) is 24.4 Å². The van der Waals surface area contributed by atoms with Crippen LogP contribution in [0, 0.1) is 18.6 Å². The average molecular weight is 507 g/mol. The van der Waals surface area contributed by atoms with Gasteiger partial charge < -0.3 is 20.4 Å². The van der Waals surface area contributed by atoms with Gasteiger partial charge in [0.15, 0.2) is 0 Å². The number of hydrogen-bond acceptors (Lipinski definition) is 7. The fourth-order valence-corrected chi connectivity index (χ4v) is 6.00. The summed E-state index contributed by atoms with van der Waals surface area (Å²) in [6, 6.07) is 12.1. The van der Waals surface area contributed by atoms with E-state index in [1.54, 1.807) is 12.1 Å². The molecule has 2 N–H and O–H groups in total. The molecule has 36 heavy (non-hydrogen) atoms. The lowest BCUT2D eigenvalue weighted by atomic mass is 9.99. The molecule has 6 nitrogen and oxygen atoms in total. The van der Waals surface area contributed by atoms with Crippen molar-refractivity contribution < 1.29 is 8.78 Å². The van der Waals surface area contributed by atoms with E-state index in [2.05, 4.69) is 30.4 Å². The average Bonchev–Trinajstić information content (AvgIpc) is 3.20. The van der Waals surface area contributed by atoms with Gasteiger partial charge in [-0.1, -0.05) is 6.07 Å². The van der Waals surface area contributed by atoms with Crippen molar-refractivity contribution in [3.63, 3.8) is 0 Å². The molecule has 2 aliphatic heterocycles. The van der Waals surface area contributed by atoms with Crippen LogP contribution in [0.25, 0.3) is 10.2 Å². The van der Waals surface area contributed by atoms with Crippen molar-refractivity contribution in [2.75, 3.05) is 41.7 Å². The third-order valence-electron chi connectivity index (χ3n) is 7.12. The number of rotatable bonds is 6. The lowest BCUT2D eigenvalue weighted by Crippen LogP contribution is -2.50. The first-order valence-electron chi connectivity index (χ1n) is 12.4. The number of piperidine rings is 1. The molecule has 2 fully saturated rings. The Morgan fingerprint density at radius 1 is 0.944 bits per heavy atom. The summed E-state index contributed by atoms with van der Waals surface area (Å²) < 4.78 is 28.9. The number of thiophene rings is 1. The van der Waals surface area contributed by atoms with Crippen molar-refractivity contribution in [2.24, 2.45) is 0 Å². The quantitative estimate of drug-likeness (QED) is 0.314. The summed E-state index contributed by atoms with van der Waals surface area (Å²) in [5.74, 6) is 0.347. The Kier molecular flexibility index (Phi) is 6.18. The summed E-state index contributed by atoms with van der Waals surface area (Å²) in [6.07, 6.45) is 3.46. The number of hydrogen-bond donors (Lipinski definition) is 2. The van der Waals surface area contributed by atoms with E-state index < -0.39 is 0 Å². The van der Waals surface area contributed by atoms with Gasteiger partial charge in [0.05, 0.1) is 11.1 Å². The first-order valence-corrected chi connectivity index (χ1v) is 13.3. The van der Waals surface area contributed by atoms with Crippen LogP contribution in [0.5, 0.6) is 0 Å². The first-order chi connectivity index (χ1) is 17.5. The summed E-state index contributed by atoms with van der Waals surface area (Å²) in [6.45, 7) is 6.15. The largest absolute Gasteiger partial charge is 0.369 e. The molecule has 2 aromatic heterocycles. The predicted molar refractivity (Wildman–Crippen MR) is 143 cm³/mol. The molecule has 9 heteroatoms. The topological polar surface area (TPSA) is 56.3 Å². The van der Waals surface area contributed by atoms with Gasteiger partial charge in [-0.3, -0.25) is 0 Å². The van der Waals surface area contributed by atoms with Crippen LogP contribution in [0.3, 0.4) is 0 Å². The highest BCUT2D eigenvalue weighted by molar-refractivity contribution is 7.17. The maximum atomic E-state index is 15.2. The Labute approximate surface area is 213 Å². The monoisotopic (exact) mass is 506 g/mol. The van der Waals surface area contributed by atoms with Gasteiger partial charge in [-0.15, -0.1) is 11.3 Å². The summed E-state index contributed by atoms with van der Waals surface area (Å²) >= 11 is 1.51. The molecule has 0 radical (unpaired) electrons. The van der Waals surface area contributed by atoms with Crippen LogP contribution < -0.4 is 15.5 Å². The fraction of sp³-hybridized carbons (Fsp3) is 0.333. The third kappa shape index (κ3) is 4.60. The van der Waals surface area contributed by atoms with Crippen LogP contribution in [-0.2, 0) is 0 Å². The minimum Gasteiger partial charge on any atom is -0.369 e. The Bertz CT molecular complexity index is 1390. The van der Waals surface area contributed by atoms with Crippen molar-refractivity contribution in [3.05, 3.63) is 65.0 Å². The Balaban J connectivity index is 1.21. The van der Waals surface area contributed by atoms with E-state index in [9.17, 15) is 4.39 Å². The smallest absolute Gasteiger partial charge is 0.230 e. The molecule has 0 atom stereocenters. The van der Waals surface area contributed by atoms with Crippen molar-refractivity contribution in [1.82, 2.24) is 14.9 Å². The lowest BCUT2D eigenvalue weighted by Gasteiger charge is -2.43. The van der Waals surface area contributed by atoms with E-state index in [0.29, 0.717) is 34.9 Å². The molecule has 0 spiro atoms. The molecule has 2 aliphatic rings. The van der Waals surface area contributed by atoms with Crippen LogP contribution in [0.15, 0.2) is 47.8 Å². The van der Waals surface area contributed by atoms with Gasteiger partial charge in [-0.05, 0) is 86.6 Å². The van der Waals surface area contributed by atoms with Gasteiger partial charge in [0.1, 0.15) is 22.3 Å². The number of anilines is 5. The highest BCUT2D eigenvalue weighted by Crippen LogP contribution is 2.34. The van der Waals surface area contributed by atoms with E-state index in [1.165, 1.54) is 49.0 Å². The Morgan fingerprint density at radius 3 is 2.47 bits per heavy atom. The van der Waals surface area contributed by atoms with E-state index in [0.717, 1.165) is 41.7 Å². The van der Waals surface area contributed by atoms with Crippen LogP contribution in [0.1, 0.15) is 24.8 Å². The van der Waals surface area contributed by atoms with Gasteiger partial charge in [0.25, 0.3) is 0 Å². The second-order valence-corrected chi connectivity index (χ2v) is 10.4. The summed E-state index contributed by atoms with van der Waals surface area (Å²) in [4.78, 5) is 14.8. The number of nitrogens with one attached hydrogen (secondary N) is 2. The molecule has 0 saturated carbocycles. The molecular weight excluding hydrogens is 478 g/mol. The van der Waals surface area contributed by atoms with Crippen molar-refractivity contribution in [2.45, 2.75) is 32.2 Å². The maximum absolute atomic E-state index is 15.2. The second kappa shape index (κ2) is 9.63. The van der Waals surface area contributed by atoms with Gasteiger partial charge in [-0.2, -0.15) is 4.98 Å². The zero-order valence-corrected chi connectivity index (χ0v) is 20.9. The summed E-state index contributed by atoms with van der Waals surface area (Å²) in [7, 11) is 0. The Hall–Kier alpha value is -3.30. The minimum atomic E-state index is -0.328. The van der Waals surface area contributed by atoms with Crippen molar-refractivity contribution >= 4 is 50.4 Å². The first kappa shape index (κ1) is 23.1. The van der Waals surface area contributed by atoms with Gasteiger partial charge in [-0.25, -0.2) is 13.8 Å². The molecule has 186 valence electrons. The number of aryl methyl sites for hydroxylation is 1. The normalized spacial score (nSPS) is 16.8.